The molecule has 0 saturated heterocycles. The van der Waals surface area contributed by atoms with E-state index < -0.39 is 11.5 Å². The third-order valence-corrected chi connectivity index (χ3v) is 5.29. The number of hydrogen-bond acceptors (Lipinski definition) is 4. The fourth-order valence-electron chi connectivity index (χ4n) is 2.42. The molecule has 1 heterocycles. The molecule has 4 nitrogen and oxygen atoms in total. The molecule has 0 unspecified atom stereocenters. The number of hydrogen-bond donors (Lipinski definition) is 2. The van der Waals surface area contributed by atoms with Gasteiger partial charge < -0.3 is 5.11 Å². The van der Waals surface area contributed by atoms with E-state index in [1.165, 1.54) is 11.3 Å². The van der Waals surface area contributed by atoms with Crippen molar-refractivity contribution in [1.29, 1.82) is 0 Å². The van der Waals surface area contributed by atoms with E-state index in [-0.39, 0.29) is 0 Å². The van der Waals surface area contributed by atoms with Crippen molar-refractivity contribution in [3.8, 4) is 0 Å². The van der Waals surface area contributed by atoms with Crippen LogP contribution in [0.1, 0.15) is 16.0 Å². The van der Waals surface area contributed by atoms with E-state index >= 15 is 0 Å². The van der Waals surface area contributed by atoms with Crippen LogP contribution in [0.2, 0.25) is 0 Å². The molecule has 0 radical (unpaired) electrons. The highest BCUT2D eigenvalue weighted by Crippen LogP contribution is 2.29. The number of halogens is 1. The number of carbonyl (C=O) groups is 1. The Hall–Kier alpha value is -2.28. The topological polar surface area (TPSA) is 61.7 Å². The van der Waals surface area contributed by atoms with Crippen molar-refractivity contribution in [3.63, 3.8) is 0 Å². The summed E-state index contributed by atoms with van der Waals surface area (Å²) in [5, 5.41) is 17.1. The minimum absolute atomic E-state index is 0.479. The van der Waals surface area contributed by atoms with E-state index in [4.69, 9.17) is 0 Å². The third-order valence-electron chi connectivity index (χ3n) is 3.66. The lowest BCUT2D eigenvalue weighted by Crippen LogP contribution is -2.43. The van der Waals surface area contributed by atoms with Gasteiger partial charge in [-0.3, -0.25) is 4.79 Å². The maximum atomic E-state index is 12.8. The number of benzene rings is 2. The number of amides is 1. The standard InChI is InChI=1S/C19H15BrN2O2S/c20-16-11-17(25-13-16)12-21-22-18(23)19(24,14-7-3-1-4-8-14)15-9-5-2-6-10-15/h1-13,24H,(H,22,23)/b21-12+. The molecule has 0 atom stereocenters. The highest BCUT2D eigenvalue weighted by Gasteiger charge is 2.39. The van der Waals surface area contributed by atoms with Gasteiger partial charge >= 0.3 is 0 Å². The first kappa shape index (κ1) is 17.5. The number of nitrogens with zero attached hydrogens (tertiary/aromatic N) is 1. The Morgan fingerprint density at radius 2 is 1.64 bits per heavy atom. The SMILES string of the molecule is O=C(N/N=C/c1cc(Br)cs1)C(O)(c1ccccc1)c1ccccc1. The lowest BCUT2D eigenvalue weighted by atomic mass is 9.85. The number of nitrogens with one attached hydrogen (secondary N) is 1. The molecule has 3 aromatic rings. The smallest absolute Gasteiger partial charge is 0.281 e. The molecule has 0 spiro atoms. The monoisotopic (exact) mass is 414 g/mol. The first-order valence-corrected chi connectivity index (χ1v) is 9.19. The lowest BCUT2D eigenvalue weighted by molar-refractivity contribution is -0.136. The maximum absolute atomic E-state index is 12.8. The van der Waals surface area contributed by atoms with Gasteiger partial charge in [0.15, 0.2) is 5.60 Å². The summed E-state index contributed by atoms with van der Waals surface area (Å²) in [5.41, 5.74) is 1.59. The van der Waals surface area contributed by atoms with Crippen LogP contribution in [0.4, 0.5) is 0 Å². The van der Waals surface area contributed by atoms with E-state index in [1.807, 2.05) is 23.6 Å². The van der Waals surface area contributed by atoms with Crippen molar-refractivity contribution in [2.75, 3.05) is 0 Å². The number of hydrazone groups is 1. The first-order chi connectivity index (χ1) is 12.1. The molecule has 126 valence electrons. The molecular formula is C19H15BrN2O2S. The Bertz CT molecular complexity index is 839. The minimum atomic E-state index is -1.82. The zero-order chi connectivity index (χ0) is 17.7. The van der Waals surface area contributed by atoms with Gasteiger partial charge in [0, 0.05) is 14.7 Å². The zero-order valence-corrected chi connectivity index (χ0v) is 15.5. The van der Waals surface area contributed by atoms with E-state index in [2.05, 4.69) is 26.5 Å². The summed E-state index contributed by atoms with van der Waals surface area (Å²) in [7, 11) is 0. The van der Waals surface area contributed by atoms with Crippen LogP contribution in [0.5, 0.6) is 0 Å². The van der Waals surface area contributed by atoms with Gasteiger partial charge in [-0.2, -0.15) is 5.10 Å². The highest BCUT2D eigenvalue weighted by atomic mass is 79.9. The summed E-state index contributed by atoms with van der Waals surface area (Å²) in [6, 6.07) is 19.5. The van der Waals surface area contributed by atoms with E-state index in [9.17, 15) is 9.90 Å². The van der Waals surface area contributed by atoms with Gasteiger partial charge in [-0.25, -0.2) is 5.43 Å². The summed E-state index contributed by atoms with van der Waals surface area (Å²) in [5.74, 6) is -0.614. The normalized spacial score (nSPS) is 11.6. The molecule has 3 rings (SSSR count). The van der Waals surface area contributed by atoms with Crippen molar-refractivity contribution in [2.45, 2.75) is 5.60 Å². The quantitative estimate of drug-likeness (QED) is 0.491. The van der Waals surface area contributed by atoms with Crippen molar-refractivity contribution < 1.29 is 9.90 Å². The summed E-state index contributed by atoms with van der Waals surface area (Å²) >= 11 is 4.86. The second kappa shape index (κ2) is 7.74. The first-order valence-electron chi connectivity index (χ1n) is 7.51. The molecular weight excluding hydrogens is 400 g/mol. The highest BCUT2D eigenvalue weighted by molar-refractivity contribution is 9.10. The van der Waals surface area contributed by atoms with Gasteiger partial charge in [0.1, 0.15) is 0 Å². The van der Waals surface area contributed by atoms with Crippen LogP contribution in [0.25, 0.3) is 0 Å². The Balaban J connectivity index is 1.89. The van der Waals surface area contributed by atoms with Crippen molar-refractivity contribution in [2.24, 2.45) is 5.10 Å². The van der Waals surface area contributed by atoms with Gasteiger partial charge in [-0.05, 0) is 33.1 Å². The Morgan fingerprint density at radius 3 is 2.12 bits per heavy atom. The third kappa shape index (κ3) is 3.87. The molecule has 0 aliphatic rings. The summed E-state index contributed by atoms with van der Waals surface area (Å²) in [6.45, 7) is 0. The van der Waals surface area contributed by atoms with Gasteiger partial charge in [-0.15, -0.1) is 11.3 Å². The second-order valence-corrected chi connectivity index (χ2v) is 7.17. The Labute approximate surface area is 158 Å². The predicted octanol–water partition coefficient (Wildman–Crippen LogP) is 3.90. The Morgan fingerprint density at radius 1 is 1.08 bits per heavy atom. The summed E-state index contributed by atoms with van der Waals surface area (Å²) in [4.78, 5) is 13.7. The van der Waals surface area contributed by atoms with Gasteiger partial charge in [0.05, 0.1) is 6.21 Å². The van der Waals surface area contributed by atoms with Crippen LogP contribution in [0, 0.1) is 0 Å². The average Bonchev–Trinajstić information content (AvgIpc) is 3.07. The number of carbonyl (C=O) groups excluding carboxylic acids is 1. The molecule has 0 fully saturated rings. The van der Waals surface area contributed by atoms with Crippen LogP contribution < -0.4 is 5.43 Å². The predicted molar refractivity (Wildman–Crippen MR) is 104 cm³/mol. The maximum Gasteiger partial charge on any atom is 0.281 e. The Kier molecular flexibility index (Phi) is 5.43. The van der Waals surface area contributed by atoms with Crippen LogP contribution in [-0.4, -0.2) is 17.2 Å². The van der Waals surface area contributed by atoms with E-state index in [0.717, 1.165) is 9.35 Å². The molecule has 0 bridgehead atoms. The van der Waals surface area contributed by atoms with Gasteiger partial charge in [0.25, 0.3) is 5.91 Å². The van der Waals surface area contributed by atoms with Crippen LogP contribution in [-0.2, 0) is 10.4 Å². The molecule has 6 heteroatoms. The van der Waals surface area contributed by atoms with Crippen molar-refractivity contribution in [3.05, 3.63) is 92.6 Å². The van der Waals surface area contributed by atoms with Crippen LogP contribution in [0.3, 0.4) is 0 Å². The zero-order valence-electron chi connectivity index (χ0n) is 13.1. The molecule has 1 amide bonds. The second-order valence-electron chi connectivity index (χ2n) is 5.31. The van der Waals surface area contributed by atoms with Crippen LogP contribution >= 0.6 is 27.3 Å². The molecule has 0 aliphatic heterocycles. The molecule has 2 N–H and O–H groups in total. The van der Waals surface area contributed by atoms with Crippen LogP contribution in [0.15, 0.2) is 81.7 Å². The molecule has 1 aromatic heterocycles. The van der Waals surface area contributed by atoms with Crippen molar-refractivity contribution in [1.82, 2.24) is 5.43 Å². The number of aliphatic hydroxyl groups is 1. The number of thiophene rings is 1. The molecule has 0 aliphatic carbocycles. The average molecular weight is 415 g/mol. The summed E-state index contributed by atoms with van der Waals surface area (Å²) < 4.78 is 0.954. The molecule has 2 aromatic carbocycles. The largest absolute Gasteiger partial charge is 0.372 e. The fourth-order valence-corrected chi connectivity index (χ4v) is 3.72. The van der Waals surface area contributed by atoms with E-state index in [0.29, 0.717) is 11.1 Å². The van der Waals surface area contributed by atoms with Gasteiger partial charge in [-0.1, -0.05) is 60.7 Å². The minimum Gasteiger partial charge on any atom is -0.372 e. The number of rotatable bonds is 5. The fraction of sp³-hybridized carbons (Fsp3) is 0.0526. The molecule has 0 saturated carbocycles. The van der Waals surface area contributed by atoms with Gasteiger partial charge in [0.2, 0.25) is 0 Å². The lowest BCUT2D eigenvalue weighted by Gasteiger charge is -2.26. The van der Waals surface area contributed by atoms with Crippen molar-refractivity contribution >= 4 is 39.4 Å². The summed E-state index contributed by atoms with van der Waals surface area (Å²) in [6.07, 6.45) is 1.55. The molecule has 25 heavy (non-hydrogen) atoms. The van der Waals surface area contributed by atoms with E-state index in [1.54, 1.807) is 54.7 Å².